The summed E-state index contributed by atoms with van der Waals surface area (Å²) < 4.78 is 0. The molecule has 0 heterocycles. The second-order valence-corrected chi connectivity index (χ2v) is 6.46. The SMILES string of the molecule is CCCCC(CCC)NC1CC(C#N)(c2ccccc2)C1. The normalized spacial score (nSPS) is 25.9. The highest BCUT2D eigenvalue weighted by molar-refractivity contribution is 5.36. The monoisotopic (exact) mass is 284 g/mol. The zero-order valence-corrected chi connectivity index (χ0v) is 13.4. The summed E-state index contributed by atoms with van der Waals surface area (Å²) in [6.45, 7) is 4.51. The predicted octanol–water partition coefficient (Wildman–Crippen LogP) is 4.56. The van der Waals surface area contributed by atoms with Crippen LogP contribution in [0.15, 0.2) is 30.3 Å². The number of nitrogens with one attached hydrogen (secondary N) is 1. The van der Waals surface area contributed by atoms with Gasteiger partial charge in [-0.2, -0.15) is 5.26 Å². The quantitative estimate of drug-likeness (QED) is 0.759. The maximum absolute atomic E-state index is 9.61. The van der Waals surface area contributed by atoms with E-state index in [1.54, 1.807) is 0 Å². The lowest BCUT2D eigenvalue weighted by molar-refractivity contribution is 0.201. The Hall–Kier alpha value is -1.33. The number of rotatable bonds is 8. The molecule has 1 atom stereocenters. The maximum atomic E-state index is 9.61. The van der Waals surface area contributed by atoms with Crippen LogP contribution in [0.2, 0.25) is 0 Å². The summed E-state index contributed by atoms with van der Waals surface area (Å²) >= 11 is 0. The molecule has 1 aliphatic rings. The van der Waals surface area contributed by atoms with Gasteiger partial charge in [-0.25, -0.2) is 0 Å². The van der Waals surface area contributed by atoms with Crippen molar-refractivity contribution in [2.75, 3.05) is 0 Å². The molecule has 0 spiro atoms. The first kappa shape index (κ1) is 16.0. The Labute approximate surface area is 129 Å². The molecule has 1 aliphatic carbocycles. The van der Waals surface area contributed by atoms with Gasteiger partial charge < -0.3 is 5.32 Å². The summed E-state index contributed by atoms with van der Waals surface area (Å²) in [7, 11) is 0. The van der Waals surface area contributed by atoms with Crippen molar-refractivity contribution in [2.24, 2.45) is 0 Å². The second-order valence-electron chi connectivity index (χ2n) is 6.46. The Morgan fingerprint density at radius 1 is 1.19 bits per heavy atom. The molecule has 1 fully saturated rings. The summed E-state index contributed by atoms with van der Waals surface area (Å²) in [6, 6.07) is 14.0. The topological polar surface area (TPSA) is 35.8 Å². The molecule has 0 aliphatic heterocycles. The molecule has 21 heavy (non-hydrogen) atoms. The van der Waals surface area contributed by atoms with Crippen molar-refractivity contribution in [1.29, 1.82) is 5.26 Å². The molecule has 2 rings (SSSR count). The first-order valence-corrected chi connectivity index (χ1v) is 8.47. The van der Waals surface area contributed by atoms with Gasteiger partial charge in [-0.15, -0.1) is 0 Å². The molecule has 0 bridgehead atoms. The van der Waals surface area contributed by atoms with Gasteiger partial charge in [-0.1, -0.05) is 63.4 Å². The molecular weight excluding hydrogens is 256 g/mol. The number of nitrogens with zero attached hydrogens (tertiary/aromatic N) is 1. The van der Waals surface area contributed by atoms with E-state index in [-0.39, 0.29) is 5.41 Å². The largest absolute Gasteiger partial charge is 0.311 e. The van der Waals surface area contributed by atoms with Crippen LogP contribution in [0.25, 0.3) is 0 Å². The summed E-state index contributed by atoms with van der Waals surface area (Å²) in [5.41, 5.74) is 0.937. The van der Waals surface area contributed by atoms with Crippen molar-refractivity contribution in [2.45, 2.75) is 76.3 Å². The molecule has 2 heteroatoms. The molecule has 1 unspecified atom stereocenters. The van der Waals surface area contributed by atoms with Crippen molar-refractivity contribution in [1.82, 2.24) is 5.32 Å². The Bertz CT molecular complexity index is 454. The van der Waals surface area contributed by atoms with Gasteiger partial charge in [0.2, 0.25) is 0 Å². The fraction of sp³-hybridized carbons (Fsp3) is 0.632. The van der Waals surface area contributed by atoms with Crippen LogP contribution in [0, 0.1) is 11.3 Å². The molecule has 1 N–H and O–H groups in total. The number of hydrogen-bond donors (Lipinski definition) is 1. The molecule has 1 aromatic carbocycles. The average Bonchev–Trinajstić information content (AvgIpc) is 2.49. The molecule has 0 radical (unpaired) electrons. The lowest BCUT2D eigenvalue weighted by Gasteiger charge is -2.45. The Morgan fingerprint density at radius 2 is 1.90 bits per heavy atom. The zero-order valence-electron chi connectivity index (χ0n) is 13.4. The van der Waals surface area contributed by atoms with Crippen molar-refractivity contribution in [3.8, 4) is 6.07 Å². The van der Waals surface area contributed by atoms with Crippen LogP contribution in [-0.2, 0) is 5.41 Å². The third-order valence-corrected chi connectivity index (χ3v) is 4.74. The van der Waals surface area contributed by atoms with Gasteiger partial charge in [0.1, 0.15) is 0 Å². The van der Waals surface area contributed by atoms with Crippen LogP contribution in [-0.4, -0.2) is 12.1 Å². The van der Waals surface area contributed by atoms with Gasteiger partial charge in [0.25, 0.3) is 0 Å². The van der Waals surface area contributed by atoms with E-state index in [9.17, 15) is 5.26 Å². The average molecular weight is 284 g/mol. The minimum Gasteiger partial charge on any atom is -0.311 e. The highest BCUT2D eigenvalue weighted by Gasteiger charge is 2.46. The summed E-state index contributed by atoms with van der Waals surface area (Å²) in [4.78, 5) is 0. The van der Waals surface area contributed by atoms with Gasteiger partial charge in [0.05, 0.1) is 11.5 Å². The number of benzene rings is 1. The van der Waals surface area contributed by atoms with Gasteiger partial charge >= 0.3 is 0 Å². The van der Waals surface area contributed by atoms with Crippen LogP contribution in [0.3, 0.4) is 0 Å². The third kappa shape index (κ3) is 3.86. The van der Waals surface area contributed by atoms with E-state index in [1.165, 1.54) is 37.7 Å². The Kier molecular flexibility index (Phi) is 5.82. The fourth-order valence-corrected chi connectivity index (χ4v) is 3.49. The number of nitriles is 1. The molecule has 1 aromatic rings. The third-order valence-electron chi connectivity index (χ3n) is 4.74. The van der Waals surface area contributed by atoms with E-state index in [0.717, 1.165) is 12.8 Å². The molecular formula is C19H28N2. The van der Waals surface area contributed by atoms with Gasteiger partial charge in [-0.3, -0.25) is 0 Å². The highest BCUT2D eigenvalue weighted by atomic mass is 15.0. The minimum atomic E-state index is -0.250. The Balaban J connectivity index is 1.90. The van der Waals surface area contributed by atoms with Crippen LogP contribution in [0.1, 0.15) is 64.4 Å². The van der Waals surface area contributed by atoms with Crippen LogP contribution in [0.4, 0.5) is 0 Å². The van der Waals surface area contributed by atoms with Crippen molar-refractivity contribution in [3.63, 3.8) is 0 Å². The molecule has 0 saturated heterocycles. The molecule has 0 aromatic heterocycles. The first-order chi connectivity index (χ1) is 10.2. The van der Waals surface area contributed by atoms with Crippen LogP contribution >= 0.6 is 0 Å². The fourth-order valence-electron chi connectivity index (χ4n) is 3.49. The van der Waals surface area contributed by atoms with E-state index in [0.29, 0.717) is 12.1 Å². The smallest absolute Gasteiger partial charge is 0.0852 e. The molecule has 2 nitrogen and oxygen atoms in total. The molecule has 0 amide bonds. The van der Waals surface area contributed by atoms with E-state index in [4.69, 9.17) is 0 Å². The van der Waals surface area contributed by atoms with Crippen molar-refractivity contribution in [3.05, 3.63) is 35.9 Å². The molecule has 114 valence electrons. The Morgan fingerprint density at radius 3 is 2.48 bits per heavy atom. The first-order valence-electron chi connectivity index (χ1n) is 8.47. The summed E-state index contributed by atoms with van der Waals surface area (Å²) in [5.74, 6) is 0. The highest BCUT2D eigenvalue weighted by Crippen LogP contribution is 2.43. The van der Waals surface area contributed by atoms with Crippen molar-refractivity contribution >= 4 is 0 Å². The maximum Gasteiger partial charge on any atom is 0.0852 e. The van der Waals surface area contributed by atoms with E-state index in [1.807, 2.05) is 18.2 Å². The predicted molar refractivity (Wildman–Crippen MR) is 88.1 cm³/mol. The second kappa shape index (κ2) is 7.61. The van der Waals surface area contributed by atoms with Crippen LogP contribution in [0.5, 0.6) is 0 Å². The van der Waals surface area contributed by atoms with E-state index in [2.05, 4.69) is 37.4 Å². The minimum absolute atomic E-state index is 0.250. The van der Waals surface area contributed by atoms with Crippen molar-refractivity contribution < 1.29 is 0 Å². The van der Waals surface area contributed by atoms with Crippen LogP contribution < -0.4 is 5.32 Å². The van der Waals surface area contributed by atoms with E-state index >= 15 is 0 Å². The van der Waals surface area contributed by atoms with Gasteiger partial charge in [0, 0.05) is 12.1 Å². The van der Waals surface area contributed by atoms with E-state index < -0.39 is 0 Å². The van der Waals surface area contributed by atoms with Gasteiger partial charge in [-0.05, 0) is 31.2 Å². The lowest BCUT2D eigenvalue weighted by atomic mass is 9.62. The zero-order chi connectivity index (χ0) is 15.1. The lowest BCUT2D eigenvalue weighted by Crippen LogP contribution is -2.53. The summed E-state index contributed by atoms with van der Waals surface area (Å²) in [5, 5.41) is 13.4. The molecule has 1 saturated carbocycles. The number of unbranched alkanes of at least 4 members (excludes halogenated alkanes) is 1. The summed E-state index contributed by atoms with van der Waals surface area (Å²) in [6.07, 6.45) is 8.23. The number of hydrogen-bond acceptors (Lipinski definition) is 2. The standard InChI is InChI=1S/C19H28N2/c1-3-5-12-17(9-4-2)21-18-13-19(14-18,15-20)16-10-7-6-8-11-16/h6-8,10-11,17-18,21H,3-5,9,12-14H2,1-2H3. The van der Waals surface area contributed by atoms with Gasteiger partial charge in [0.15, 0.2) is 0 Å².